The summed E-state index contributed by atoms with van der Waals surface area (Å²) in [4.78, 5) is 14.8. The normalized spacial score (nSPS) is 24.3. The summed E-state index contributed by atoms with van der Waals surface area (Å²) in [6.45, 7) is 5.86. The zero-order valence-corrected chi connectivity index (χ0v) is 21.0. The lowest BCUT2D eigenvalue weighted by Gasteiger charge is -2.34. The highest BCUT2D eigenvalue weighted by atomic mass is 16.5. The molecular weight excluding hydrogens is 450 g/mol. The number of H-pyrrole nitrogens is 1. The SMILES string of the molecule is Cc1ccc2[nH]ncc2c1-c1ccc2c(N3CC4CCC(C3)N4)nc(OC[C@@H]3CCCN3C)nc2c1. The second-order valence-corrected chi connectivity index (χ2v) is 10.8. The zero-order chi connectivity index (χ0) is 24.2. The molecule has 2 unspecified atom stereocenters. The first-order valence-corrected chi connectivity index (χ1v) is 13.2. The van der Waals surface area contributed by atoms with Crippen LogP contribution in [0.4, 0.5) is 5.82 Å². The molecular formula is C28H33N7O. The van der Waals surface area contributed by atoms with E-state index in [1.165, 1.54) is 30.4 Å². The van der Waals surface area contributed by atoms with E-state index in [-0.39, 0.29) is 0 Å². The van der Waals surface area contributed by atoms with Crippen LogP contribution in [-0.4, -0.2) is 76.5 Å². The average molecular weight is 484 g/mol. The summed E-state index contributed by atoms with van der Waals surface area (Å²) in [5.41, 5.74) is 5.52. The van der Waals surface area contributed by atoms with Crippen molar-refractivity contribution in [1.82, 2.24) is 30.4 Å². The minimum Gasteiger partial charge on any atom is -0.462 e. The van der Waals surface area contributed by atoms with Crippen molar-refractivity contribution in [1.29, 1.82) is 0 Å². The van der Waals surface area contributed by atoms with Crippen LogP contribution in [0.15, 0.2) is 36.5 Å². The number of benzene rings is 2. The quantitative estimate of drug-likeness (QED) is 0.446. The molecule has 2 bridgehead atoms. The van der Waals surface area contributed by atoms with Gasteiger partial charge in [0.2, 0.25) is 0 Å². The predicted molar refractivity (Wildman–Crippen MR) is 143 cm³/mol. The third kappa shape index (κ3) is 3.79. The number of aromatic nitrogens is 4. The summed E-state index contributed by atoms with van der Waals surface area (Å²) >= 11 is 0. The summed E-state index contributed by atoms with van der Waals surface area (Å²) < 4.78 is 6.28. The fourth-order valence-corrected chi connectivity index (χ4v) is 6.39. The summed E-state index contributed by atoms with van der Waals surface area (Å²) in [5, 5.41) is 13.3. The Bertz CT molecular complexity index is 1420. The van der Waals surface area contributed by atoms with Crippen LogP contribution in [0.5, 0.6) is 6.01 Å². The molecule has 8 nitrogen and oxygen atoms in total. The van der Waals surface area contributed by atoms with E-state index in [1.54, 1.807) is 0 Å². The molecule has 4 aromatic rings. The lowest BCUT2D eigenvalue weighted by molar-refractivity contribution is 0.188. The average Bonchev–Trinajstić information content (AvgIpc) is 3.61. The van der Waals surface area contributed by atoms with Crippen molar-refractivity contribution in [3.8, 4) is 17.1 Å². The van der Waals surface area contributed by atoms with Gasteiger partial charge in [0.15, 0.2) is 0 Å². The van der Waals surface area contributed by atoms with Crippen molar-refractivity contribution in [2.24, 2.45) is 0 Å². The molecule has 36 heavy (non-hydrogen) atoms. The molecule has 2 aromatic carbocycles. The smallest absolute Gasteiger partial charge is 0.319 e. The second-order valence-electron chi connectivity index (χ2n) is 10.8. The maximum Gasteiger partial charge on any atom is 0.319 e. The molecule has 186 valence electrons. The minimum atomic E-state index is 0.426. The number of nitrogens with zero attached hydrogens (tertiary/aromatic N) is 5. The number of likely N-dealkylation sites (N-methyl/N-ethyl adjacent to an activating group) is 1. The Morgan fingerprint density at radius 1 is 1.03 bits per heavy atom. The van der Waals surface area contributed by atoms with Gasteiger partial charge in [0, 0.05) is 42.0 Å². The van der Waals surface area contributed by atoms with Crippen LogP contribution in [0.1, 0.15) is 31.2 Å². The Kier molecular flexibility index (Phi) is 5.32. The largest absolute Gasteiger partial charge is 0.462 e. The highest BCUT2D eigenvalue weighted by Gasteiger charge is 2.34. The molecule has 3 saturated heterocycles. The van der Waals surface area contributed by atoms with Gasteiger partial charge in [-0.1, -0.05) is 12.1 Å². The maximum atomic E-state index is 6.28. The van der Waals surface area contributed by atoms with Gasteiger partial charge >= 0.3 is 6.01 Å². The second kappa shape index (κ2) is 8.71. The molecule has 0 aliphatic carbocycles. The molecule has 7 rings (SSSR count). The van der Waals surface area contributed by atoms with Crippen molar-refractivity contribution >= 4 is 27.6 Å². The van der Waals surface area contributed by atoms with Crippen LogP contribution in [0.3, 0.4) is 0 Å². The summed E-state index contributed by atoms with van der Waals surface area (Å²) in [6, 6.07) is 12.8. The lowest BCUT2D eigenvalue weighted by Crippen LogP contribution is -2.51. The number of ether oxygens (including phenoxy) is 1. The van der Waals surface area contributed by atoms with Gasteiger partial charge in [-0.3, -0.25) is 5.10 Å². The van der Waals surface area contributed by atoms with Gasteiger partial charge in [0.05, 0.1) is 17.2 Å². The molecule has 0 saturated carbocycles. The van der Waals surface area contributed by atoms with Crippen molar-refractivity contribution in [2.75, 3.05) is 38.2 Å². The van der Waals surface area contributed by atoms with E-state index in [0.29, 0.717) is 30.7 Å². The first kappa shape index (κ1) is 22.0. The molecule has 2 N–H and O–H groups in total. The standard InChI is InChI=1S/C28H33N7O/c1-17-5-10-24-23(13-29-33-24)26(17)18-6-9-22-25(12-18)31-28(36-16-21-4-3-11-34(21)2)32-27(22)35-14-19-7-8-20(15-35)30-19/h5-6,9-10,12-13,19-21,30H,3-4,7-8,11,14-16H2,1-2H3,(H,29,33)/t19?,20?,21-/m0/s1. The predicted octanol–water partition coefficient (Wildman–Crippen LogP) is 3.90. The fraction of sp³-hybridized carbons (Fsp3) is 0.464. The van der Waals surface area contributed by atoms with E-state index in [0.717, 1.165) is 59.2 Å². The van der Waals surface area contributed by atoms with Gasteiger partial charge in [-0.05, 0) is 81.1 Å². The van der Waals surface area contributed by atoms with Crippen LogP contribution in [0, 0.1) is 6.92 Å². The fourth-order valence-electron chi connectivity index (χ4n) is 6.39. The van der Waals surface area contributed by atoms with Gasteiger partial charge in [0.1, 0.15) is 12.4 Å². The number of piperazine rings is 1. The minimum absolute atomic E-state index is 0.426. The van der Waals surface area contributed by atoms with E-state index in [9.17, 15) is 0 Å². The van der Waals surface area contributed by atoms with Crippen molar-refractivity contribution < 1.29 is 4.74 Å². The van der Waals surface area contributed by atoms with E-state index in [2.05, 4.69) is 69.6 Å². The number of likely N-dealkylation sites (tertiary alicyclic amines) is 1. The number of anilines is 1. The van der Waals surface area contributed by atoms with Gasteiger partial charge in [0.25, 0.3) is 0 Å². The zero-order valence-electron chi connectivity index (χ0n) is 21.0. The Balaban J connectivity index is 1.32. The molecule has 8 heteroatoms. The maximum absolute atomic E-state index is 6.28. The Morgan fingerprint density at radius 3 is 2.69 bits per heavy atom. The summed E-state index contributed by atoms with van der Waals surface area (Å²) in [7, 11) is 2.18. The third-order valence-electron chi connectivity index (χ3n) is 8.37. The molecule has 3 atom stereocenters. The van der Waals surface area contributed by atoms with E-state index in [4.69, 9.17) is 14.7 Å². The lowest BCUT2D eigenvalue weighted by atomic mass is 9.96. The van der Waals surface area contributed by atoms with Crippen LogP contribution >= 0.6 is 0 Å². The third-order valence-corrected chi connectivity index (χ3v) is 8.37. The van der Waals surface area contributed by atoms with Crippen molar-refractivity contribution in [2.45, 2.75) is 50.7 Å². The molecule has 3 aliphatic heterocycles. The first-order valence-electron chi connectivity index (χ1n) is 13.2. The van der Waals surface area contributed by atoms with Gasteiger partial charge in [-0.25, -0.2) is 0 Å². The number of aromatic amines is 1. The van der Waals surface area contributed by atoms with Crippen LogP contribution in [0.25, 0.3) is 32.9 Å². The number of hydrogen-bond donors (Lipinski definition) is 2. The van der Waals surface area contributed by atoms with Gasteiger partial charge in [-0.15, -0.1) is 0 Å². The van der Waals surface area contributed by atoms with Crippen LogP contribution in [0.2, 0.25) is 0 Å². The number of rotatable bonds is 5. The number of fused-ring (bicyclic) bond motifs is 4. The molecule has 0 spiro atoms. The van der Waals surface area contributed by atoms with Crippen molar-refractivity contribution in [3.63, 3.8) is 0 Å². The Labute approximate surface area is 211 Å². The monoisotopic (exact) mass is 483 g/mol. The van der Waals surface area contributed by atoms with Gasteiger partial charge < -0.3 is 19.9 Å². The molecule has 0 radical (unpaired) electrons. The first-order chi connectivity index (χ1) is 17.6. The topological polar surface area (TPSA) is 82.2 Å². The van der Waals surface area contributed by atoms with Crippen molar-refractivity contribution in [3.05, 3.63) is 42.1 Å². The number of nitrogens with one attached hydrogen (secondary N) is 2. The molecule has 3 aliphatic rings. The van der Waals surface area contributed by atoms with E-state index < -0.39 is 0 Å². The highest BCUT2D eigenvalue weighted by molar-refractivity contribution is 6.00. The Morgan fingerprint density at radius 2 is 1.89 bits per heavy atom. The summed E-state index contributed by atoms with van der Waals surface area (Å²) in [6.07, 6.45) is 6.77. The Hall–Kier alpha value is -3.23. The molecule has 5 heterocycles. The van der Waals surface area contributed by atoms with Crippen LogP contribution < -0.4 is 15.0 Å². The molecule has 2 aromatic heterocycles. The van der Waals surface area contributed by atoms with Crippen LogP contribution in [-0.2, 0) is 0 Å². The highest BCUT2D eigenvalue weighted by Crippen LogP contribution is 2.36. The van der Waals surface area contributed by atoms with E-state index in [1.807, 2.05) is 6.20 Å². The molecule has 3 fully saturated rings. The summed E-state index contributed by atoms with van der Waals surface area (Å²) in [5.74, 6) is 0.998. The number of aryl methyl sites for hydroxylation is 1. The number of hydrogen-bond acceptors (Lipinski definition) is 7. The van der Waals surface area contributed by atoms with E-state index >= 15 is 0 Å². The molecule has 0 amide bonds. The van der Waals surface area contributed by atoms with Gasteiger partial charge in [-0.2, -0.15) is 15.1 Å².